The van der Waals surface area contributed by atoms with Crippen LogP contribution in [0.2, 0.25) is 0 Å². The van der Waals surface area contributed by atoms with Crippen LogP contribution in [0.3, 0.4) is 0 Å². The lowest BCUT2D eigenvalue weighted by atomic mass is 9.82. The van der Waals surface area contributed by atoms with E-state index in [1.165, 1.54) is 17.7 Å². The number of benzene rings is 3. The van der Waals surface area contributed by atoms with E-state index in [-0.39, 0.29) is 23.1 Å². The third kappa shape index (κ3) is 2.70. The zero-order valence-electron chi connectivity index (χ0n) is 15.2. The fraction of sp³-hybridized carbons (Fsp3) is 0.160. The standard InChI is InChI=1S/C25H18F2O/c26-18-9-12-19-16(13-18)8-11-21-20(19)10-7-15-5-6-17(14-23(15)21)25(28)22-3-1-2-4-24(22)27/h1-4,7,9-14,17H,5-6,8H2. The highest BCUT2D eigenvalue weighted by Crippen LogP contribution is 2.27. The molecular formula is C25H18F2O. The molecule has 3 aromatic rings. The molecule has 0 saturated heterocycles. The summed E-state index contributed by atoms with van der Waals surface area (Å²) in [5.41, 5.74) is 4.44. The maximum atomic E-state index is 14.1. The maximum absolute atomic E-state index is 14.1. The molecule has 0 N–H and O–H groups in total. The molecule has 0 amide bonds. The van der Waals surface area contributed by atoms with Crippen molar-refractivity contribution < 1.29 is 13.6 Å². The monoisotopic (exact) mass is 372 g/mol. The van der Waals surface area contributed by atoms with Crippen LogP contribution in [0.5, 0.6) is 0 Å². The van der Waals surface area contributed by atoms with Gasteiger partial charge in [-0.1, -0.05) is 42.5 Å². The van der Waals surface area contributed by atoms with E-state index in [4.69, 9.17) is 0 Å². The Morgan fingerprint density at radius 3 is 2.57 bits per heavy atom. The molecule has 2 aliphatic rings. The van der Waals surface area contributed by atoms with E-state index in [0.29, 0.717) is 12.8 Å². The number of aryl methyl sites for hydroxylation is 1. The summed E-state index contributed by atoms with van der Waals surface area (Å²) in [6.45, 7) is 0. The van der Waals surface area contributed by atoms with Crippen molar-refractivity contribution in [2.24, 2.45) is 5.92 Å². The van der Waals surface area contributed by atoms with Gasteiger partial charge in [-0.2, -0.15) is 0 Å². The van der Waals surface area contributed by atoms with Crippen LogP contribution in [0.4, 0.5) is 8.78 Å². The van der Waals surface area contributed by atoms with Gasteiger partial charge in [0.2, 0.25) is 0 Å². The third-order valence-electron chi connectivity index (χ3n) is 5.83. The molecule has 1 nitrogen and oxygen atoms in total. The molecule has 28 heavy (non-hydrogen) atoms. The van der Waals surface area contributed by atoms with Crippen LogP contribution >= 0.6 is 0 Å². The molecule has 1 atom stereocenters. The molecule has 3 aromatic carbocycles. The van der Waals surface area contributed by atoms with Crippen LogP contribution in [0.25, 0.3) is 23.3 Å². The van der Waals surface area contributed by atoms with E-state index < -0.39 is 5.82 Å². The fourth-order valence-electron chi connectivity index (χ4n) is 4.42. The van der Waals surface area contributed by atoms with Crippen molar-refractivity contribution in [3.63, 3.8) is 0 Å². The number of hydrogen-bond acceptors (Lipinski definition) is 1. The minimum absolute atomic E-state index is 0.154. The lowest BCUT2D eigenvalue weighted by Gasteiger charge is -2.21. The van der Waals surface area contributed by atoms with Gasteiger partial charge in [-0.05, 0) is 76.2 Å². The Hall–Kier alpha value is -3.07. The number of hydrogen-bond donors (Lipinski definition) is 0. The minimum Gasteiger partial charge on any atom is -0.293 e. The molecule has 0 saturated carbocycles. The first-order valence-electron chi connectivity index (χ1n) is 9.53. The summed E-state index contributed by atoms with van der Waals surface area (Å²) < 4.78 is 27.7. The normalized spacial score (nSPS) is 16.9. The van der Waals surface area contributed by atoms with Crippen LogP contribution in [0.1, 0.15) is 27.9 Å². The van der Waals surface area contributed by atoms with Crippen molar-refractivity contribution in [2.45, 2.75) is 19.3 Å². The van der Waals surface area contributed by atoms with Gasteiger partial charge in [0, 0.05) is 5.92 Å². The number of Topliss-reactive ketones (excluding diaryl/α,β-unsaturated/α-hetero) is 1. The quantitative estimate of drug-likeness (QED) is 0.617. The summed E-state index contributed by atoms with van der Waals surface area (Å²) in [5, 5.41) is 2.16. The molecule has 0 spiro atoms. The number of rotatable bonds is 2. The predicted molar refractivity (Wildman–Crippen MR) is 106 cm³/mol. The highest BCUT2D eigenvalue weighted by molar-refractivity contribution is 6.01. The van der Waals surface area contributed by atoms with Gasteiger partial charge in [0.1, 0.15) is 11.6 Å². The second-order valence-corrected chi connectivity index (χ2v) is 7.47. The largest absolute Gasteiger partial charge is 0.293 e. The zero-order chi connectivity index (χ0) is 19.3. The average Bonchev–Trinajstić information content (AvgIpc) is 2.72. The van der Waals surface area contributed by atoms with Gasteiger partial charge in [-0.25, -0.2) is 8.78 Å². The van der Waals surface area contributed by atoms with E-state index in [1.807, 2.05) is 12.1 Å². The molecule has 0 fully saturated rings. The van der Waals surface area contributed by atoms with Gasteiger partial charge in [0.05, 0.1) is 5.56 Å². The smallest absolute Gasteiger partial charge is 0.172 e. The molecule has 0 heterocycles. The van der Waals surface area contributed by atoms with E-state index in [0.717, 1.165) is 33.5 Å². The second kappa shape index (κ2) is 6.52. The highest BCUT2D eigenvalue weighted by Gasteiger charge is 2.24. The highest BCUT2D eigenvalue weighted by atomic mass is 19.1. The summed E-state index contributed by atoms with van der Waals surface area (Å²) in [7, 11) is 0. The predicted octanol–water partition coefficient (Wildman–Crippen LogP) is 4.19. The van der Waals surface area contributed by atoms with E-state index in [9.17, 15) is 13.6 Å². The SMILES string of the molecule is O=C(c1ccccc1F)C1C=c2c(ccc3c2=CCc2cc(F)ccc2-3)CC1. The molecular weight excluding hydrogens is 354 g/mol. The lowest BCUT2D eigenvalue weighted by molar-refractivity contribution is 0.0942. The number of carbonyl (C=O) groups excluding carboxylic acids is 1. The number of ketones is 1. The van der Waals surface area contributed by atoms with Gasteiger partial charge < -0.3 is 0 Å². The zero-order valence-corrected chi connectivity index (χ0v) is 15.2. The molecule has 0 aromatic heterocycles. The molecule has 0 aliphatic heterocycles. The Morgan fingerprint density at radius 2 is 1.71 bits per heavy atom. The molecule has 0 radical (unpaired) electrons. The summed E-state index contributed by atoms with van der Waals surface area (Å²) in [6.07, 6.45) is 6.24. The maximum Gasteiger partial charge on any atom is 0.172 e. The Labute approximate surface area is 161 Å². The molecule has 3 heteroatoms. The summed E-state index contributed by atoms with van der Waals surface area (Å²) in [6, 6.07) is 15.3. The van der Waals surface area contributed by atoms with Crippen molar-refractivity contribution in [3.8, 4) is 11.1 Å². The van der Waals surface area contributed by atoms with Gasteiger partial charge in [0.15, 0.2) is 5.78 Å². The van der Waals surface area contributed by atoms with Crippen LogP contribution in [0, 0.1) is 17.6 Å². The van der Waals surface area contributed by atoms with E-state index >= 15 is 0 Å². The number of fused-ring (bicyclic) bond motifs is 5. The Balaban J connectivity index is 1.64. The van der Waals surface area contributed by atoms with Crippen molar-refractivity contribution in [3.05, 3.63) is 93.4 Å². The summed E-state index contributed by atoms with van der Waals surface area (Å²) in [5.74, 6) is -1.20. The third-order valence-corrected chi connectivity index (χ3v) is 5.83. The van der Waals surface area contributed by atoms with Gasteiger partial charge in [-0.15, -0.1) is 0 Å². The lowest BCUT2D eigenvalue weighted by Crippen LogP contribution is -2.37. The average molecular weight is 372 g/mol. The Kier molecular flexibility index (Phi) is 3.97. The van der Waals surface area contributed by atoms with Crippen LogP contribution in [0.15, 0.2) is 54.6 Å². The molecule has 138 valence electrons. The first-order valence-corrected chi connectivity index (χ1v) is 9.53. The van der Waals surface area contributed by atoms with Crippen LogP contribution in [-0.4, -0.2) is 5.78 Å². The minimum atomic E-state index is -0.468. The molecule has 1 unspecified atom stereocenters. The van der Waals surface area contributed by atoms with Gasteiger partial charge in [0.25, 0.3) is 0 Å². The summed E-state index contributed by atoms with van der Waals surface area (Å²) in [4.78, 5) is 12.9. The second-order valence-electron chi connectivity index (χ2n) is 7.47. The molecule has 5 rings (SSSR count). The first kappa shape index (κ1) is 17.1. The molecule has 0 bridgehead atoms. The topological polar surface area (TPSA) is 17.1 Å². The van der Waals surface area contributed by atoms with Crippen LogP contribution in [-0.2, 0) is 12.8 Å². The van der Waals surface area contributed by atoms with Crippen molar-refractivity contribution >= 4 is 17.9 Å². The molecule has 2 aliphatic carbocycles. The van der Waals surface area contributed by atoms with Crippen molar-refractivity contribution in [1.82, 2.24) is 0 Å². The number of halogens is 2. The fourth-order valence-corrected chi connectivity index (χ4v) is 4.42. The Bertz CT molecular complexity index is 1240. The van der Waals surface area contributed by atoms with Gasteiger partial charge >= 0.3 is 0 Å². The summed E-state index contributed by atoms with van der Waals surface area (Å²) >= 11 is 0. The van der Waals surface area contributed by atoms with Crippen molar-refractivity contribution in [1.29, 1.82) is 0 Å². The van der Waals surface area contributed by atoms with E-state index in [1.54, 1.807) is 24.3 Å². The van der Waals surface area contributed by atoms with Crippen LogP contribution < -0.4 is 10.4 Å². The number of carbonyl (C=O) groups is 1. The Morgan fingerprint density at radius 1 is 0.893 bits per heavy atom. The first-order chi connectivity index (χ1) is 13.6. The van der Waals surface area contributed by atoms with E-state index in [2.05, 4.69) is 18.2 Å². The van der Waals surface area contributed by atoms with Crippen molar-refractivity contribution in [2.75, 3.05) is 0 Å². The van der Waals surface area contributed by atoms with Gasteiger partial charge in [-0.3, -0.25) is 4.79 Å².